The zero-order chi connectivity index (χ0) is 12.7. The molecule has 0 bridgehead atoms. The van der Waals surface area contributed by atoms with Gasteiger partial charge < -0.3 is 5.32 Å². The second kappa shape index (κ2) is 7.98. The van der Waals surface area contributed by atoms with Crippen molar-refractivity contribution in [3.63, 3.8) is 0 Å². The number of carbonyl (C=O) groups excluding carboxylic acids is 1. The number of hydrogen-bond donors (Lipinski definition) is 1. The maximum Gasteiger partial charge on any atom is 0.237 e. The van der Waals surface area contributed by atoms with Crippen molar-refractivity contribution in [1.82, 2.24) is 10.2 Å². The molecule has 0 saturated carbocycles. The summed E-state index contributed by atoms with van der Waals surface area (Å²) < 4.78 is 0. The van der Waals surface area contributed by atoms with Crippen LogP contribution in [0, 0.1) is 0 Å². The highest BCUT2D eigenvalue weighted by atomic mass is 32.2. The van der Waals surface area contributed by atoms with E-state index in [-0.39, 0.29) is 11.9 Å². The Labute approximate surface area is 110 Å². The first-order valence-electron chi connectivity index (χ1n) is 6.85. The average Bonchev–Trinajstić information content (AvgIpc) is 2.36. The fourth-order valence-corrected chi connectivity index (χ4v) is 3.52. The molecule has 1 amide bonds. The molecule has 0 aromatic rings. The second-order valence-electron chi connectivity index (χ2n) is 4.54. The van der Waals surface area contributed by atoms with Gasteiger partial charge in [0.1, 0.15) is 0 Å². The van der Waals surface area contributed by atoms with E-state index in [9.17, 15) is 4.79 Å². The van der Waals surface area contributed by atoms with Crippen LogP contribution in [0.3, 0.4) is 0 Å². The lowest BCUT2D eigenvalue weighted by Crippen LogP contribution is -2.50. The highest BCUT2D eigenvalue weighted by molar-refractivity contribution is 7.99. The van der Waals surface area contributed by atoms with E-state index in [0.29, 0.717) is 6.04 Å². The normalized spacial score (nSPS) is 19.3. The van der Waals surface area contributed by atoms with Gasteiger partial charge in [0, 0.05) is 6.04 Å². The van der Waals surface area contributed by atoms with Crippen molar-refractivity contribution < 1.29 is 4.79 Å². The summed E-state index contributed by atoms with van der Waals surface area (Å²) in [6.45, 7) is 8.23. The third-order valence-corrected chi connectivity index (χ3v) is 4.56. The lowest BCUT2D eigenvalue weighted by atomic mass is 10.1. The quantitative estimate of drug-likeness (QED) is 0.792. The zero-order valence-electron chi connectivity index (χ0n) is 11.4. The van der Waals surface area contributed by atoms with Crippen LogP contribution in [0.15, 0.2) is 0 Å². The van der Waals surface area contributed by atoms with E-state index in [2.05, 4.69) is 31.0 Å². The minimum absolute atomic E-state index is 0.0552. The van der Waals surface area contributed by atoms with Crippen molar-refractivity contribution >= 4 is 17.7 Å². The molecular formula is C13H26N2OS. The fourth-order valence-electron chi connectivity index (χ4n) is 2.41. The molecule has 1 atom stereocenters. The van der Waals surface area contributed by atoms with Crippen LogP contribution in [-0.4, -0.2) is 47.5 Å². The number of nitrogens with zero attached hydrogens (tertiary/aromatic N) is 1. The Hall–Kier alpha value is -0.220. The summed E-state index contributed by atoms with van der Waals surface area (Å²) >= 11 is 1.99. The number of rotatable bonds is 6. The van der Waals surface area contributed by atoms with Gasteiger partial charge in [-0.1, -0.05) is 20.8 Å². The van der Waals surface area contributed by atoms with Gasteiger partial charge in [0.25, 0.3) is 0 Å². The first-order valence-corrected chi connectivity index (χ1v) is 8.00. The Kier molecular flexibility index (Phi) is 6.97. The molecule has 3 nitrogen and oxygen atoms in total. The van der Waals surface area contributed by atoms with Gasteiger partial charge in [-0.2, -0.15) is 11.8 Å². The molecule has 1 saturated heterocycles. The lowest BCUT2D eigenvalue weighted by Gasteiger charge is -2.30. The first-order chi connectivity index (χ1) is 8.22. The first kappa shape index (κ1) is 14.8. The molecule has 0 radical (unpaired) electrons. The molecule has 1 fully saturated rings. The number of hydrogen-bond acceptors (Lipinski definition) is 3. The topological polar surface area (TPSA) is 32.3 Å². The molecule has 1 heterocycles. The standard InChI is InChI=1S/C13H26N2OS/c1-4-12(15(5-2)6-3)13(16)14-11-7-9-17-10-8-11/h11-12H,4-10H2,1-3H3,(H,14,16). The van der Waals surface area contributed by atoms with Crippen LogP contribution in [0.5, 0.6) is 0 Å². The summed E-state index contributed by atoms with van der Waals surface area (Å²) in [5, 5.41) is 3.23. The molecule has 1 rings (SSSR count). The molecule has 17 heavy (non-hydrogen) atoms. The molecule has 1 unspecified atom stereocenters. The van der Waals surface area contributed by atoms with E-state index >= 15 is 0 Å². The van der Waals surface area contributed by atoms with E-state index in [0.717, 1.165) is 32.4 Å². The maximum atomic E-state index is 12.2. The van der Waals surface area contributed by atoms with Crippen molar-refractivity contribution in [3.05, 3.63) is 0 Å². The number of nitrogens with one attached hydrogen (secondary N) is 1. The molecule has 4 heteroatoms. The minimum atomic E-state index is 0.0552. The Morgan fingerprint density at radius 3 is 2.35 bits per heavy atom. The molecule has 1 aliphatic heterocycles. The monoisotopic (exact) mass is 258 g/mol. The van der Waals surface area contributed by atoms with Crippen molar-refractivity contribution in [2.45, 2.75) is 52.1 Å². The molecule has 1 N–H and O–H groups in total. The highest BCUT2D eigenvalue weighted by Gasteiger charge is 2.24. The summed E-state index contributed by atoms with van der Waals surface area (Å²) in [5.74, 6) is 2.60. The van der Waals surface area contributed by atoms with E-state index in [1.54, 1.807) is 0 Å². The molecule has 0 aromatic heterocycles. The third-order valence-electron chi connectivity index (χ3n) is 3.51. The number of thioether (sulfide) groups is 1. The predicted molar refractivity (Wildman–Crippen MR) is 75.5 cm³/mol. The molecule has 0 aliphatic carbocycles. The van der Waals surface area contributed by atoms with Crippen LogP contribution in [0.4, 0.5) is 0 Å². The van der Waals surface area contributed by atoms with E-state index < -0.39 is 0 Å². The Balaban J connectivity index is 2.47. The van der Waals surface area contributed by atoms with Gasteiger partial charge in [0.05, 0.1) is 6.04 Å². The van der Waals surface area contributed by atoms with E-state index in [1.807, 2.05) is 11.8 Å². The van der Waals surface area contributed by atoms with Crippen LogP contribution in [0.1, 0.15) is 40.0 Å². The molecule has 0 spiro atoms. The summed E-state index contributed by atoms with van der Waals surface area (Å²) in [5.41, 5.74) is 0. The molecule has 100 valence electrons. The van der Waals surface area contributed by atoms with Crippen LogP contribution < -0.4 is 5.32 Å². The summed E-state index contributed by atoms with van der Waals surface area (Å²) in [4.78, 5) is 14.5. The van der Waals surface area contributed by atoms with Gasteiger partial charge in [-0.15, -0.1) is 0 Å². The lowest BCUT2D eigenvalue weighted by molar-refractivity contribution is -0.127. The second-order valence-corrected chi connectivity index (χ2v) is 5.77. The summed E-state index contributed by atoms with van der Waals surface area (Å²) in [6, 6.07) is 0.466. The molecule has 1 aliphatic rings. The largest absolute Gasteiger partial charge is 0.352 e. The molecule has 0 aromatic carbocycles. The maximum absolute atomic E-state index is 12.2. The summed E-state index contributed by atoms with van der Waals surface area (Å²) in [6.07, 6.45) is 3.16. The Bertz CT molecular complexity index is 225. The Morgan fingerprint density at radius 2 is 1.88 bits per heavy atom. The van der Waals surface area contributed by atoms with E-state index in [4.69, 9.17) is 0 Å². The van der Waals surface area contributed by atoms with Crippen molar-refractivity contribution in [1.29, 1.82) is 0 Å². The molecular weight excluding hydrogens is 232 g/mol. The average molecular weight is 258 g/mol. The third kappa shape index (κ3) is 4.51. The fraction of sp³-hybridized carbons (Fsp3) is 0.923. The van der Waals surface area contributed by atoms with Crippen molar-refractivity contribution in [2.75, 3.05) is 24.6 Å². The smallest absolute Gasteiger partial charge is 0.237 e. The van der Waals surface area contributed by atoms with Gasteiger partial charge in [-0.25, -0.2) is 0 Å². The predicted octanol–water partition coefficient (Wildman–Crippen LogP) is 2.12. The number of likely N-dealkylation sites (N-methyl/N-ethyl adjacent to an activating group) is 1. The van der Waals surface area contributed by atoms with Crippen LogP contribution >= 0.6 is 11.8 Å². The SMILES string of the molecule is CCC(C(=O)NC1CCSCC1)N(CC)CC. The zero-order valence-corrected chi connectivity index (χ0v) is 12.2. The highest BCUT2D eigenvalue weighted by Crippen LogP contribution is 2.17. The van der Waals surface area contributed by atoms with Crippen molar-refractivity contribution in [2.24, 2.45) is 0 Å². The van der Waals surface area contributed by atoms with Crippen LogP contribution in [-0.2, 0) is 4.79 Å². The number of carbonyl (C=O) groups is 1. The van der Waals surface area contributed by atoms with Crippen LogP contribution in [0.2, 0.25) is 0 Å². The Morgan fingerprint density at radius 1 is 1.29 bits per heavy atom. The number of amides is 1. The minimum Gasteiger partial charge on any atom is -0.352 e. The van der Waals surface area contributed by atoms with Gasteiger partial charge in [-0.05, 0) is 43.9 Å². The summed E-state index contributed by atoms with van der Waals surface area (Å²) in [7, 11) is 0. The van der Waals surface area contributed by atoms with E-state index in [1.165, 1.54) is 11.5 Å². The van der Waals surface area contributed by atoms with Gasteiger partial charge >= 0.3 is 0 Å². The van der Waals surface area contributed by atoms with Gasteiger partial charge in [0.15, 0.2) is 0 Å². The van der Waals surface area contributed by atoms with Crippen molar-refractivity contribution in [3.8, 4) is 0 Å². The van der Waals surface area contributed by atoms with Gasteiger partial charge in [0.2, 0.25) is 5.91 Å². The van der Waals surface area contributed by atoms with Crippen LogP contribution in [0.25, 0.3) is 0 Å². The van der Waals surface area contributed by atoms with Gasteiger partial charge in [-0.3, -0.25) is 9.69 Å².